The largest absolute Gasteiger partial charge is 0.374 e. The zero-order valence-electron chi connectivity index (χ0n) is 45.0. The van der Waals surface area contributed by atoms with Crippen molar-refractivity contribution in [3.05, 3.63) is 251 Å². The second-order valence-electron chi connectivity index (χ2n) is 19.2. The summed E-state index contributed by atoms with van der Waals surface area (Å²) in [6.45, 7) is 6.39. The van der Waals surface area contributed by atoms with Gasteiger partial charge in [-0.1, -0.05) is 212 Å². The van der Waals surface area contributed by atoms with Gasteiger partial charge in [-0.2, -0.15) is 0 Å². The summed E-state index contributed by atoms with van der Waals surface area (Å²) in [5.74, 6) is 0. The number of benzene rings is 7. The summed E-state index contributed by atoms with van der Waals surface area (Å²) in [7, 11) is -1.90. The average molecular weight is 1090 g/mol. The highest BCUT2D eigenvalue weighted by Gasteiger charge is 2.53. The van der Waals surface area contributed by atoms with Gasteiger partial charge in [0, 0.05) is 0 Å². The number of rotatable bonds is 31. The first-order valence-electron chi connectivity index (χ1n) is 27.3. The third-order valence-corrected chi connectivity index (χ3v) is 14.7. The molecule has 0 spiro atoms. The predicted octanol–water partition coefficient (Wildman–Crippen LogP) is 12.5. The lowest BCUT2D eigenvalue weighted by Crippen LogP contribution is -2.64. The summed E-state index contributed by atoms with van der Waals surface area (Å²) < 4.78 is 88.9. The molecule has 10 atom stereocenters. The highest BCUT2D eigenvalue weighted by atomic mass is 31.2. The van der Waals surface area contributed by atoms with Gasteiger partial charge in [-0.3, -0.25) is 4.52 Å². The predicted molar refractivity (Wildman–Crippen MR) is 301 cm³/mol. The molecule has 7 aromatic rings. The van der Waals surface area contributed by atoms with Crippen molar-refractivity contribution in [2.75, 3.05) is 26.4 Å². The van der Waals surface area contributed by atoms with Gasteiger partial charge in [-0.25, -0.2) is 0 Å². The molecule has 0 saturated carbocycles. The van der Waals surface area contributed by atoms with Gasteiger partial charge >= 0.3 is 8.60 Å². The minimum atomic E-state index is -1.90. The Bertz CT molecular complexity index is 2700. The molecule has 0 bridgehead atoms. The van der Waals surface area contributed by atoms with E-state index in [1.54, 1.807) is 0 Å². The van der Waals surface area contributed by atoms with E-state index in [1.807, 2.05) is 226 Å². The maximum atomic E-state index is 7.17. The molecule has 2 fully saturated rings. The molecular weight excluding hydrogens is 1020 g/mol. The normalized spacial score (nSPS) is 23.2. The van der Waals surface area contributed by atoms with E-state index in [1.165, 1.54) is 0 Å². The van der Waals surface area contributed by atoms with Crippen LogP contribution in [0, 0.1) is 0 Å². The third kappa shape index (κ3) is 18.0. The van der Waals surface area contributed by atoms with Crippen LogP contribution in [0.1, 0.15) is 52.8 Å². The molecule has 0 radical (unpaired) electrons. The highest BCUT2D eigenvalue weighted by Crippen LogP contribution is 2.45. The van der Waals surface area contributed by atoms with Gasteiger partial charge in [0.2, 0.25) is 0 Å². The van der Waals surface area contributed by atoms with E-state index in [-0.39, 0.29) is 52.9 Å². The summed E-state index contributed by atoms with van der Waals surface area (Å²) in [5, 5.41) is 0. The Balaban J connectivity index is 1.09. The molecule has 2 aliphatic rings. The van der Waals surface area contributed by atoms with Crippen LogP contribution >= 0.6 is 8.60 Å². The molecule has 2 saturated heterocycles. The second-order valence-corrected chi connectivity index (χ2v) is 20.3. The average Bonchev–Trinajstić information content (AvgIpc) is 3.57. The van der Waals surface area contributed by atoms with Gasteiger partial charge in [-0.15, -0.1) is 0 Å². The number of hydrogen-bond donors (Lipinski definition) is 0. The quantitative estimate of drug-likeness (QED) is 0.0384. The van der Waals surface area contributed by atoms with Gasteiger partial charge in [0.1, 0.15) is 48.8 Å². The first-order chi connectivity index (χ1) is 39.1. The minimum absolute atomic E-state index is 0.0779. The standard InChI is InChI=1S/C65H73O13P/c1-3-74-79(75-4-2)78-65-63(72-46-55-38-24-11-25-39-55)61(70-44-53-34-20-9-21-35-53)59(68-42-51-30-16-7-17-31-51)57(77-65)48-73-64-62(71-45-54-36-22-10-23-37-54)60(69-43-52-32-18-8-19-33-52)58(67-41-50-28-14-6-15-29-50)56(76-64)47-66-40-49-26-12-5-13-27-49/h5-39,56-65H,3-4,40-48H2,1-2H3/t56-,57-,58+,59+,60+,61+,62-,63-,64+,65?/m1/s1. The van der Waals surface area contributed by atoms with Gasteiger partial charge in [-0.05, 0) is 52.8 Å². The van der Waals surface area contributed by atoms with Crippen LogP contribution in [-0.4, -0.2) is 87.8 Å². The molecule has 14 heteroatoms. The summed E-state index contributed by atoms with van der Waals surface area (Å²) >= 11 is 0. The van der Waals surface area contributed by atoms with Gasteiger partial charge in [0.25, 0.3) is 0 Å². The first kappa shape index (κ1) is 58.1. The van der Waals surface area contributed by atoms with Crippen LogP contribution < -0.4 is 0 Å². The molecular formula is C65H73O13P. The topological polar surface area (TPSA) is 120 Å². The number of ether oxygens (including phenoxy) is 10. The monoisotopic (exact) mass is 1090 g/mol. The van der Waals surface area contributed by atoms with E-state index in [2.05, 4.69) is 0 Å². The fraction of sp³-hybridized carbons (Fsp3) is 0.354. The Morgan fingerprint density at radius 1 is 0.304 bits per heavy atom. The van der Waals surface area contributed by atoms with Crippen molar-refractivity contribution in [3.8, 4) is 0 Å². The smallest absolute Gasteiger partial charge is 0.335 e. The van der Waals surface area contributed by atoms with E-state index >= 15 is 0 Å². The second kappa shape index (κ2) is 32.0. The third-order valence-electron chi connectivity index (χ3n) is 13.4. The van der Waals surface area contributed by atoms with E-state index in [0.29, 0.717) is 19.8 Å². The first-order valence-corrected chi connectivity index (χ1v) is 28.4. The molecule has 0 amide bonds. The van der Waals surface area contributed by atoms with E-state index in [4.69, 9.17) is 60.9 Å². The maximum Gasteiger partial charge on any atom is 0.335 e. The molecule has 416 valence electrons. The molecule has 1 unspecified atom stereocenters. The van der Waals surface area contributed by atoms with Crippen molar-refractivity contribution in [3.63, 3.8) is 0 Å². The minimum Gasteiger partial charge on any atom is -0.374 e. The van der Waals surface area contributed by atoms with Crippen LogP contribution in [0.3, 0.4) is 0 Å². The molecule has 79 heavy (non-hydrogen) atoms. The molecule has 0 aromatic heterocycles. The van der Waals surface area contributed by atoms with Crippen LogP contribution in [0.5, 0.6) is 0 Å². The molecule has 2 aliphatic heterocycles. The van der Waals surface area contributed by atoms with Crippen molar-refractivity contribution in [2.45, 2.75) is 122 Å². The summed E-state index contributed by atoms with van der Waals surface area (Å²) in [6, 6.07) is 70.2. The summed E-state index contributed by atoms with van der Waals surface area (Å²) in [4.78, 5) is 0. The maximum absolute atomic E-state index is 7.17. The van der Waals surface area contributed by atoms with Crippen molar-refractivity contribution in [2.24, 2.45) is 0 Å². The van der Waals surface area contributed by atoms with Gasteiger partial charge in [0.05, 0.1) is 72.7 Å². The fourth-order valence-corrected chi connectivity index (χ4v) is 10.4. The molecule has 9 rings (SSSR count). The van der Waals surface area contributed by atoms with Crippen LogP contribution in [0.15, 0.2) is 212 Å². The molecule has 0 aliphatic carbocycles. The zero-order valence-corrected chi connectivity index (χ0v) is 45.9. The molecule has 2 heterocycles. The van der Waals surface area contributed by atoms with Crippen molar-refractivity contribution >= 4 is 8.60 Å². The fourth-order valence-electron chi connectivity index (χ4n) is 9.43. The molecule has 13 nitrogen and oxygen atoms in total. The Kier molecular flexibility index (Phi) is 23.6. The SMILES string of the molecule is CCOP(OCC)OC1O[C@H](CO[C@H]2O[C@H](COCc3ccccc3)[C@H](OCc3ccccc3)[C@H](OCc3ccccc3)[C@H]2OCc2ccccc2)[C@H](OCc2ccccc2)[C@H](OCc2ccccc2)[C@H]1OCc1ccccc1. The van der Waals surface area contributed by atoms with Crippen molar-refractivity contribution < 1.29 is 60.9 Å². The van der Waals surface area contributed by atoms with Crippen molar-refractivity contribution in [1.82, 2.24) is 0 Å². The van der Waals surface area contributed by atoms with E-state index < -0.39 is 70.0 Å². The van der Waals surface area contributed by atoms with Crippen molar-refractivity contribution in [1.29, 1.82) is 0 Å². The van der Waals surface area contributed by atoms with Crippen LogP contribution in [0.2, 0.25) is 0 Å². The molecule has 7 aromatic carbocycles. The Morgan fingerprint density at radius 2 is 0.582 bits per heavy atom. The van der Waals surface area contributed by atoms with Crippen LogP contribution in [0.25, 0.3) is 0 Å². The lowest BCUT2D eigenvalue weighted by atomic mass is 9.97. The number of hydrogen-bond acceptors (Lipinski definition) is 13. The Labute approximate surface area is 466 Å². The lowest BCUT2D eigenvalue weighted by molar-refractivity contribution is -0.347. The Morgan fingerprint density at radius 3 is 0.924 bits per heavy atom. The van der Waals surface area contributed by atoms with E-state index in [0.717, 1.165) is 38.9 Å². The molecule has 0 N–H and O–H groups in total. The van der Waals surface area contributed by atoms with Crippen LogP contribution in [0.4, 0.5) is 0 Å². The van der Waals surface area contributed by atoms with Gasteiger partial charge < -0.3 is 56.4 Å². The zero-order chi connectivity index (χ0) is 54.1. The van der Waals surface area contributed by atoms with Crippen LogP contribution in [-0.2, 0) is 107 Å². The summed E-state index contributed by atoms with van der Waals surface area (Å²) in [6.07, 6.45) is -8.35. The Hall–Kier alpha value is -5.55. The highest BCUT2D eigenvalue weighted by molar-refractivity contribution is 7.41. The van der Waals surface area contributed by atoms with Gasteiger partial charge in [0.15, 0.2) is 12.6 Å². The summed E-state index contributed by atoms with van der Waals surface area (Å²) in [5.41, 5.74) is 6.85. The lowest BCUT2D eigenvalue weighted by Gasteiger charge is -2.48. The van der Waals surface area contributed by atoms with E-state index in [9.17, 15) is 0 Å².